The van der Waals surface area contributed by atoms with Crippen molar-refractivity contribution in [2.24, 2.45) is 0 Å². The first-order chi connectivity index (χ1) is 9.83. The van der Waals surface area contributed by atoms with Gasteiger partial charge in [0.05, 0.1) is 19.3 Å². The van der Waals surface area contributed by atoms with Crippen LogP contribution in [-0.2, 0) is 11.3 Å². The van der Waals surface area contributed by atoms with E-state index in [4.69, 9.17) is 4.74 Å². The zero-order valence-corrected chi connectivity index (χ0v) is 12.5. The zero-order valence-electron chi connectivity index (χ0n) is 12.5. The molecule has 112 valence electrons. The van der Waals surface area contributed by atoms with Gasteiger partial charge in [-0.25, -0.2) is 0 Å². The molecule has 0 aliphatic heterocycles. The van der Waals surface area contributed by atoms with E-state index in [1.165, 1.54) is 44.1 Å². The van der Waals surface area contributed by atoms with Gasteiger partial charge in [0.15, 0.2) is 0 Å². The molecule has 1 saturated carbocycles. The highest BCUT2D eigenvalue weighted by atomic mass is 16.5. The van der Waals surface area contributed by atoms with E-state index in [0.29, 0.717) is 12.6 Å². The summed E-state index contributed by atoms with van der Waals surface area (Å²) in [6, 6.07) is 8.95. The Bertz CT molecular complexity index is 369. The summed E-state index contributed by atoms with van der Waals surface area (Å²) in [7, 11) is 1.71. The third kappa shape index (κ3) is 4.58. The van der Waals surface area contributed by atoms with E-state index in [2.05, 4.69) is 29.6 Å². The normalized spacial score (nSPS) is 18.7. The third-order valence-corrected chi connectivity index (χ3v) is 4.17. The first kappa shape index (κ1) is 15.5. The van der Waals surface area contributed by atoms with Crippen LogP contribution in [-0.4, -0.2) is 24.9 Å². The van der Waals surface area contributed by atoms with Crippen molar-refractivity contribution in [3.05, 3.63) is 35.4 Å². The number of methoxy groups -OCH3 is 1. The van der Waals surface area contributed by atoms with Gasteiger partial charge in [-0.3, -0.25) is 0 Å². The Hall–Kier alpha value is -0.900. The summed E-state index contributed by atoms with van der Waals surface area (Å²) in [5, 5.41) is 13.3. The smallest absolute Gasteiger partial charge is 0.0713 e. The number of nitrogens with one attached hydrogen (secondary N) is 1. The third-order valence-electron chi connectivity index (χ3n) is 4.17. The van der Waals surface area contributed by atoms with E-state index in [-0.39, 0.29) is 12.6 Å². The van der Waals surface area contributed by atoms with Crippen molar-refractivity contribution in [2.75, 3.05) is 13.7 Å². The Morgan fingerprint density at radius 3 is 2.35 bits per heavy atom. The maximum atomic E-state index is 9.67. The van der Waals surface area contributed by atoms with Crippen LogP contribution in [0.4, 0.5) is 0 Å². The molecule has 1 aliphatic rings. The molecule has 2 N–H and O–H groups in total. The van der Waals surface area contributed by atoms with Crippen molar-refractivity contribution in [3.63, 3.8) is 0 Å². The lowest BCUT2D eigenvalue weighted by molar-refractivity contribution is 0.185. The summed E-state index contributed by atoms with van der Waals surface area (Å²) in [5.74, 6) is 0. The predicted molar refractivity (Wildman–Crippen MR) is 81.6 cm³/mol. The summed E-state index contributed by atoms with van der Waals surface area (Å²) in [6.07, 6.45) is 7.79. The van der Waals surface area contributed by atoms with Crippen molar-refractivity contribution < 1.29 is 9.84 Å². The Kier molecular flexibility index (Phi) is 6.51. The zero-order chi connectivity index (χ0) is 14.2. The maximum Gasteiger partial charge on any atom is 0.0713 e. The van der Waals surface area contributed by atoms with Crippen LogP contribution in [0.3, 0.4) is 0 Å². The molecule has 1 atom stereocenters. The second-order valence-electron chi connectivity index (χ2n) is 5.76. The molecule has 1 fully saturated rings. The molecule has 0 aromatic heterocycles. The number of hydrogen-bond donors (Lipinski definition) is 2. The van der Waals surface area contributed by atoms with E-state index in [9.17, 15) is 5.11 Å². The Balaban J connectivity index is 1.95. The lowest BCUT2D eigenvalue weighted by atomic mass is 10.0. The lowest BCUT2D eigenvalue weighted by Crippen LogP contribution is -2.34. The quantitative estimate of drug-likeness (QED) is 0.785. The summed E-state index contributed by atoms with van der Waals surface area (Å²) < 4.78 is 5.12. The van der Waals surface area contributed by atoms with E-state index in [1.807, 2.05) is 0 Å². The molecule has 2 rings (SSSR count). The number of benzene rings is 1. The minimum atomic E-state index is 0.0506. The van der Waals surface area contributed by atoms with E-state index in [0.717, 1.165) is 5.56 Å². The second-order valence-corrected chi connectivity index (χ2v) is 5.76. The molecule has 0 radical (unpaired) electrons. The SMILES string of the molecule is COCc1ccc(C(CO)NC2CCCCCC2)cc1. The molecule has 0 bridgehead atoms. The molecular weight excluding hydrogens is 250 g/mol. The number of hydrogen-bond acceptors (Lipinski definition) is 3. The van der Waals surface area contributed by atoms with E-state index >= 15 is 0 Å². The minimum Gasteiger partial charge on any atom is -0.394 e. The second kappa shape index (κ2) is 8.40. The van der Waals surface area contributed by atoms with Crippen LogP contribution in [0.2, 0.25) is 0 Å². The van der Waals surface area contributed by atoms with Gasteiger partial charge in [-0.05, 0) is 24.0 Å². The first-order valence-corrected chi connectivity index (χ1v) is 7.78. The monoisotopic (exact) mass is 277 g/mol. The van der Waals surface area contributed by atoms with Crippen LogP contribution in [0, 0.1) is 0 Å². The minimum absolute atomic E-state index is 0.0506. The van der Waals surface area contributed by atoms with E-state index < -0.39 is 0 Å². The molecule has 1 unspecified atom stereocenters. The van der Waals surface area contributed by atoms with Gasteiger partial charge in [0.2, 0.25) is 0 Å². The highest BCUT2D eigenvalue weighted by Crippen LogP contribution is 2.21. The van der Waals surface area contributed by atoms with Gasteiger partial charge < -0.3 is 15.2 Å². The van der Waals surface area contributed by atoms with Gasteiger partial charge in [0.25, 0.3) is 0 Å². The molecule has 1 aromatic carbocycles. The average molecular weight is 277 g/mol. The number of aliphatic hydroxyl groups is 1. The van der Waals surface area contributed by atoms with Gasteiger partial charge in [-0.2, -0.15) is 0 Å². The highest BCUT2D eigenvalue weighted by molar-refractivity contribution is 5.25. The molecule has 1 aliphatic carbocycles. The van der Waals surface area contributed by atoms with Crippen LogP contribution >= 0.6 is 0 Å². The molecule has 0 amide bonds. The molecule has 0 saturated heterocycles. The maximum absolute atomic E-state index is 9.67. The van der Waals surface area contributed by atoms with Crippen LogP contribution in [0.1, 0.15) is 55.7 Å². The van der Waals surface area contributed by atoms with Gasteiger partial charge >= 0.3 is 0 Å². The summed E-state index contributed by atoms with van der Waals surface area (Å²) in [6.45, 7) is 0.792. The number of aliphatic hydroxyl groups excluding tert-OH is 1. The topological polar surface area (TPSA) is 41.5 Å². The summed E-state index contributed by atoms with van der Waals surface area (Å²) in [5.41, 5.74) is 2.33. The van der Waals surface area contributed by atoms with Gasteiger partial charge in [-0.15, -0.1) is 0 Å². The summed E-state index contributed by atoms with van der Waals surface area (Å²) >= 11 is 0. The Morgan fingerprint density at radius 1 is 1.15 bits per heavy atom. The molecule has 0 heterocycles. The van der Waals surface area contributed by atoms with E-state index in [1.54, 1.807) is 7.11 Å². The van der Waals surface area contributed by atoms with Crippen LogP contribution in [0.15, 0.2) is 24.3 Å². The molecule has 1 aromatic rings. The van der Waals surface area contributed by atoms with Crippen molar-refractivity contribution in [1.82, 2.24) is 5.32 Å². The Morgan fingerprint density at radius 2 is 1.80 bits per heavy atom. The molecule has 3 heteroatoms. The number of ether oxygens (including phenoxy) is 1. The van der Waals surface area contributed by atoms with Crippen molar-refractivity contribution in [3.8, 4) is 0 Å². The van der Waals surface area contributed by atoms with Crippen molar-refractivity contribution in [2.45, 2.75) is 57.2 Å². The van der Waals surface area contributed by atoms with Crippen molar-refractivity contribution in [1.29, 1.82) is 0 Å². The van der Waals surface area contributed by atoms with Gasteiger partial charge in [0.1, 0.15) is 0 Å². The van der Waals surface area contributed by atoms with Crippen LogP contribution < -0.4 is 5.32 Å². The van der Waals surface area contributed by atoms with Gasteiger partial charge in [0, 0.05) is 13.2 Å². The fourth-order valence-electron chi connectivity index (χ4n) is 3.00. The highest BCUT2D eigenvalue weighted by Gasteiger charge is 2.17. The molecular formula is C17H27NO2. The standard InChI is InChI=1S/C17H27NO2/c1-20-13-14-8-10-15(11-9-14)17(12-19)18-16-6-4-2-3-5-7-16/h8-11,16-19H,2-7,12-13H2,1H3. The largest absolute Gasteiger partial charge is 0.394 e. The molecule has 20 heavy (non-hydrogen) atoms. The predicted octanol–water partition coefficient (Wildman–Crippen LogP) is 3.18. The fraction of sp³-hybridized carbons (Fsp3) is 0.647. The lowest BCUT2D eigenvalue weighted by Gasteiger charge is -2.24. The molecule has 3 nitrogen and oxygen atoms in total. The van der Waals surface area contributed by atoms with Crippen LogP contribution in [0.5, 0.6) is 0 Å². The Labute approximate surface area is 122 Å². The summed E-state index contributed by atoms with van der Waals surface area (Å²) in [4.78, 5) is 0. The average Bonchev–Trinajstić information content (AvgIpc) is 2.75. The van der Waals surface area contributed by atoms with Crippen LogP contribution in [0.25, 0.3) is 0 Å². The first-order valence-electron chi connectivity index (χ1n) is 7.78. The van der Waals surface area contributed by atoms with Crippen molar-refractivity contribution >= 4 is 0 Å². The van der Waals surface area contributed by atoms with Gasteiger partial charge in [-0.1, -0.05) is 49.9 Å². The fourth-order valence-corrected chi connectivity index (χ4v) is 3.00. The molecule has 0 spiro atoms. The number of rotatable bonds is 6.